The van der Waals surface area contributed by atoms with Gasteiger partial charge in [-0.15, -0.1) is 0 Å². The highest BCUT2D eigenvalue weighted by Crippen LogP contribution is 2.20. The molecule has 0 aliphatic carbocycles. The molecule has 0 radical (unpaired) electrons. The van der Waals surface area contributed by atoms with Crippen LogP contribution >= 0.6 is 0 Å². The van der Waals surface area contributed by atoms with Crippen molar-refractivity contribution in [1.29, 1.82) is 0 Å². The summed E-state index contributed by atoms with van der Waals surface area (Å²) in [5.74, 6) is 0. The van der Waals surface area contributed by atoms with Gasteiger partial charge < -0.3 is 10.2 Å². The lowest BCUT2D eigenvalue weighted by Crippen LogP contribution is -2.57. The van der Waals surface area contributed by atoms with Crippen molar-refractivity contribution in [1.82, 2.24) is 15.1 Å². The lowest BCUT2D eigenvalue weighted by atomic mass is 10.0. The van der Waals surface area contributed by atoms with Crippen LogP contribution < -0.4 is 10.2 Å². The summed E-state index contributed by atoms with van der Waals surface area (Å²) in [5, 5.41) is 3.59. The van der Waals surface area contributed by atoms with Crippen molar-refractivity contribution in [2.45, 2.75) is 45.3 Å². The van der Waals surface area contributed by atoms with E-state index in [0.717, 1.165) is 26.2 Å². The van der Waals surface area contributed by atoms with Crippen LogP contribution in [0, 0.1) is 0 Å². The highest BCUT2D eigenvalue weighted by atomic mass is 15.3. The second-order valence-corrected chi connectivity index (χ2v) is 7.63. The number of rotatable bonds is 5. The highest BCUT2D eigenvalue weighted by Gasteiger charge is 2.29. The lowest BCUT2D eigenvalue weighted by molar-refractivity contribution is 0.0847. The summed E-state index contributed by atoms with van der Waals surface area (Å²) in [6.45, 7) is 15.2. The predicted molar refractivity (Wildman–Crippen MR) is 103 cm³/mol. The molecular weight excluding hydrogens is 296 g/mol. The van der Waals surface area contributed by atoms with Gasteiger partial charge in [-0.25, -0.2) is 0 Å². The highest BCUT2D eigenvalue weighted by molar-refractivity contribution is 5.46. The van der Waals surface area contributed by atoms with Crippen LogP contribution in [0.5, 0.6) is 0 Å². The number of para-hydroxylation sites is 1. The number of hydrogen-bond donors (Lipinski definition) is 1. The van der Waals surface area contributed by atoms with Gasteiger partial charge in [0.25, 0.3) is 0 Å². The average molecular weight is 331 g/mol. The molecule has 1 aromatic carbocycles. The van der Waals surface area contributed by atoms with E-state index in [4.69, 9.17) is 0 Å². The zero-order valence-electron chi connectivity index (χ0n) is 15.6. The Kier molecular flexibility index (Phi) is 6.14. The van der Waals surface area contributed by atoms with E-state index in [1.54, 1.807) is 0 Å². The largest absolute Gasteiger partial charge is 0.369 e. The van der Waals surface area contributed by atoms with Crippen molar-refractivity contribution < 1.29 is 0 Å². The second-order valence-electron chi connectivity index (χ2n) is 7.63. The number of benzene rings is 1. The van der Waals surface area contributed by atoms with Crippen LogP contribution in [0.3, 0.4) is 0 Å². The first-order chi connectivity index (χ1) is 11.6. The quantitative estimate of drug-likeness (QED) is 0.894. The molecular formula is C20H34N4. The molecule has 0 saturated carbocycles. The van der Waals surface area contributed by atoms with Gasteiger partial charge in [0.1, 0.15) is 0 Å². The molecule has 4 nitrogen and oxygen atoms in total. The predicted octanol–water partition coefficient (Wildman–Crippen LogP) is 2.27. The third kappa shape index (κ3) is 4.29. The Morgan fingerprint density at radius 1 is 1.00 bits per heavy atom. The van der Waals surface area contributed by atoms with E-state index in [1.165, 1.54) is 31.7 Å². The number of nitrogens with zero attached hydrogens (tertiary/aromatic N) is 3. The molecule has 2 heterocycles. The summed E-state index contributed by atoms with van der Waals surface area (Å²) in [6, 6.07) is 12.8. The van der Waals surface area contributed by atoms with Crippen molar-refractivity contribution >= 4 is 5.69 Å². The monoisotopic (exact) mass is 330 g/mol. The molecule has 2 aliphatic rings. The van der Waals surface area contributed by atoms with E-state index >= 15 is 0 Å². The van der Waals surface area contributed by atoms with Crippen molar-refractivity contribution in [2.24, 2.45) is 0 Å². The molecule has 2 atom stereocenters. The number of hydrogen-bond acceptors (Lipinski definition) is 4. The first-order valence-corrected chi connectivity index (χ1v) is 9.65. The molecule has 0 spiro atoms. The van der Waals surface area contributed by atoms with Crippen molar-refractivity contribution in [3.8, 4) is 0 Å². The minimum atomic E-state index is 0.652. The van der Waals surface area contributed by atoms with Crippen LogP contribution in [0.1, 0.15) is 27.2 Å². The third-order valence-electron chi connectivity index (χ3n) is 5.73. The molecule has 2 saturated heterocycles. The molecule has 0 bridgehead atoms. The van der Waals surface area contributed by atoms with Crippen LogP contribution in [0.4, 0.5) is 5.69 Å². The summed E-state index contributed by atoms with van der Waals surface area (Å²) >= 11 is 0. The number of nitrogens with one attached hydrogen (secondary N) is 1. The topological polar surface area (TPSA) is 21.8 Å². The smallest absolute Gasteiger partial charge is 0.0367 e. The van der Waals surface area contributed by atoms with Crippen molar-refractivity contribution in [2.75, 3.05) is 50.7 Å². The molecule has 1 N–H and O–H groups in total. The Hall–Kier alpha value is -1.10. The Bertz CT molecular complexity index is 482. The molecule has 2 unspecified atom stereocenters. The van der Waals surface area contributed by atoms with Crippen LogP contribution in [0.2, 0.25) is 0 Å². The van der Waals surface area contributed by atoms with E-state index < -0.39 is 0 Å². The van der Waals surface area contributed by atoms with Gasteiger partial charge >= 0.3 is 0 Å². The number of anilines is 1. The van der Waals surface area contributed by atoms with E-state index in [9.17, 15) is 0 Å². The minimum Gasteiger partial charge on any atom is -0.369 e. The Labute approximate surface area is 147 Å². The van der Waals surface area contributed by atoms with Gasteiger partial charge in [-0.2, -0.15) is 0 Å². The van der Waals surface area contributed by atoms with Crippen LogP contribution in [0.15, 0.2) is 30.3 Å². The van der Waals surface area contributed by atoms with E-state index in [1.807, 2.05) is 0 Å². The summed E-state index contributed by atoms with van der Waals surface area (Å²) < 4.78 is 0. The van der Waals surface area contributed by atoms with Gasteiger partial charge in [0.05, 0.1) is 0 Å². The average Bonchev–Trinajstić information content (AvgIpc) is 2.63. The maximum absolute atomic E-state index is 3.59. The third-order valence-corrected chi connectivity index (χ3v) is 5.73. The second kappa shape index (κ2) is 8.32. The molecule has 0 amide bonds. The normalized spacial score (nSPS) is 25.2. The lowest BCUT2D eigenvalue weighted by Gasteiger charge is -2.44. The Balaban J connectivity index is 1.50. The van der Waals surface area contributed by atoms with Gasteiger partial charge in [-0.05, 0) is 39.3 Å². The molecule has 24 heavy (non-hydrogen) atoms. The number of piperazine rings is 2. The SMILES string of the molecule is CC(CC1CNCCN1C(C)C)N1CCN(c2ccccc2)CC1. The standard InChI is InChI=1S/C20H34N4/c1-17(2)24-10-9-21-16-20(24)15-18(3)22-11-13-23(14-12-22)19-7-5-4-6-8-19/h4-8,17-18,20-21H,9-16H2,1-3H3. The molecule has 4 heteroatoms. The van der Waals surface area contributed by atoms with Crippen LogP contribution in [-0.2, 0) is 0 Å². The summed E-state index contributed by atoms with van der Waals surface area (Å²) in [7, 11) is 0. The zero-order valence-corrected chi connectivity index (χ0v) is 15.6. The molecule has 2 fully saturated rings. The first-order valence-electron chi connectivity index (χ1n) is 9.65. The molecule has 3 rings (SSSR count). The first kappa shape index (κ1) is 17.7. The van der Waals surface area contributed by atoms with Gasteiger partial charge in [0, 0.05) is 69.6 Å². The summed E-state index contributed by atoms with van der Waals surface area (Å²) in [4.78, 5) is 7.89. The fourth-order valence-electron chi connectivity index (χ4n) is 4.28. The maximum atomic E-state index is 3.59. The van der Waals surface area contributed by atoms with Crippen LogP contribution in [0.25, 0.3) is 0 Å². The van der Waals surface area contributed by atoms with E-state index in [-0.39, 0.29) is 0 Å². The molecule has 1 aromatic rings. The van der Waals surface area contributed by atoms with E-state index in [2.05, 4.69) is 71.1 Å². The van der Waals surface area contributed by atoms with Crippen molar-refractivity contribution in [3.05, 3.63) is 30.3 Å². The van der Waals surface area contributed by atoms with Gasteiger partial charge in [-0.3, -0.25) is 9.80 Å². The molecule has 2 aliphatic heterocycles. The maximum Gasteiger partial charge on any atom is 0.0367 e. The summed E-state index contributed by atoms with van der Waals surface area (Å²) in [6.07, 6.45) is 1.27. The van der Waals surface area contributed by atoms with Gasteiger partial charge in [0.2, 0.25) is 0 Å². The fourth-order valence-corrected chi connectivity index (χ4v) is 4.28. The van der Waals surface area contributed by atoms with Gasteiger partial charge in [-0.1, -0.05) is 18.2 Å². The molecule has 134 valence electrons. The Morgan fingerprint density at radius 2 is 1.71 bits per heavy atom. The Morgan fingerprint density at radius 3 is 2.38 bits per heavy atom. The van der Waals surface area contributed by atoms with E-state index in [0.29, 0.717) is 18.1 Å². The van der Waals surface area contributed by atoms with Crippen LogP contribution in [-0.4, -0.2) is 73.7 Å². The van der Waals surface area contributed by atoms with Crippen molar-refractivity contribution in [3.63, 3.8) is 0 Å². The van der Waals surface area contributed by atoms with Gasteiger partial charge in [0.15, 0.2) is 0 Å². The minimum absolute atomic E-state index is 0.652. The zero-order chi connectivity index (χ0) is 16.9. The molecule has 0 aromatic heterocycles. The summed E-state index contributed by atoms with van der Waals surface area (Å²) in [5.41, 5.74) is 1.37. The fraction of sp³-hybridized carbons (Fsp3) is 0.700.